The Balaban J connectivity index is 2.11. The lowest BCUT2D eigenvalue weighted by Crippen LogP contribution is -2.34. The van der Waals surface area contributed by atoms with Crippen molar-refractivity contribution in [2.75, 3.05) is 0 Å². The van der Waals surface area contributed by atoms with Crippen molar-refractivity contribution in [1.29, 1.82) is 0 Å². The number of nitrogens with one attached hydrogen (secondary N) is 1. The second-order valence-corrected chi connectivity index (χ2v) is 8.90. The molecule has 0 spiro atoms. The maximum atomic E-state index is 12.1. The minimum Gasteiger partial charge on any atom is -0.242 e. The van der Waals surface area contributed by atoms with E-state index in [1.165, 1.54) is 15.3 Å². The van der Waals surface area contributed by atoms with Crippen molar-refractivity contribution in [3.8, 4) is 10.4 Å². The highest BCUT2D eigenvalue weighted by molar-refractivity contribution is 7.84. The van der Waals surface area contributed by atoms with Crippen molar-refractivity contribution in [3.05, 3.63) is 47.3 Å². The van der Waals surface area contributed by atoms with E-state index in [4.69, 9.17) is 0 Å². The molecular formula is C16H21NOS2. The molecule has 0 saturated carbocycles. The van der Waals surface area contributed by atoms with Crippen LogP contribution in [0, 0.1) is 0 Å². The summed E-state index contributed by atoms with van der Waals surface area (Å²) in [7, 11) is -1.05. The van der Waals surface area contributed by atoms with Gasteiger partial charge in [0.15, 0.2) is 0 Å². The Kier molecular flexibility index (Phi) is 4.78. The summed E-state index contributed by atoms with van der Waals surface area (Å²) in [5.74, 6) is 0. The molecule has 1 heterocycles. The standard InChI is InChI=1S/C16H21NOS2/c1-12(17-20(18)16(2,3)4)14-10-11-15(19-14)13-8-6-5-7-9-13/h5-12,17H,1-4H3/t12-,20-/m0/s1. The zero-order valence-corrected chi connectivity index (χ0v) is 14.0. The van der Waals surface area contributed by atoms with E-state index in [-0.39, 0.29) is 10.8 Å². The first-order valence-electron chi connectivity index (χ1n) is 6.71. The van der Waals surface area contributed by atoms with Gasteiger partial charge < -0.3 is 0 Å². The van der Waals surface area contributed by atoms with Crippen LogP contribution in [-0.2, 0) is 11.0 Å². The van der Waals surface area contributed by atoms with Crippen LogP contribution in [0.2, 0.25) is 0 Å². The topological polar surface area (TPSA) is 29.1 Å². The van der Waals surface area contributed by atoms with Crippen LogP contribution in [0.4, 0.5) is 0 Å². The third-order valence-electron chi connectivity index (χ3n) is 2.95. The van der Waals surface area contributed by atoms with Crippen molar-refractivity contribution in [2.45, 2.75) is 38.5 Å². The predicted octanol–water partition coefficient (Wildman–Crippen LogP) is 4.53. The Bertz CT molecular complexity index is 584. The predicted molar refractivity (Wildman–Crippen MR) is 89.2 cm³/mol. The Labute approximate surface area is 127 Å². The normalized spacial score (nSPS) is 15.0. The van der Waals surface area contributed by atoms with E-state index in [1.54, 1.807) is 11.3 Å². The average molecular weight is 307 g/mol. The summed E-state index contributed by atoms with van der Waals surface area (Å²) in [5, 5.41) is 0. The van der Waals surface area contributed by atoms with Gasteiger partial charge in [-0.3, -0.25) is 0 Å². The molecule has 4 heteroatoms. The van der Waals surface area contributed by atoms with Gasteiger partial charge in [0.1, 0.15) is 0 Å². The summed E-state index contributed by atoms with van der Waals surface area (Å²) in [4.78, 5) is 2.46. The van der Waals surface area contributed by atoms with E-state index in [2.05, 4.69) is 35.9 Å². The Morgan fingerprint density at radius 1 is 1.10 bits per heavy atom. The SMILES string of the molecule is C[C@H](N[S@@](=O)C(C)(C)C)c1ccc(-c2ccccc2)s1. The number of rotatable bonds is 4. The molecule has 0 bridgehead atoms. The van der Waals surface area contributed by atoms with Crippen molar-refractivity contribution < 1.29 is 4.21 Å². The molecule has 0 saturated heterocycles. The molecule has 20 heavy (non-hydrogen) atoms. The zero-order valence-electron chi connectivity index (χ0n) is 12.3. The maximum absolute atomic E-state index is 12.1. The quantitative estimate of drug-likeness (QED) is 0.883. The molecule has 0 aliphatic carbocycles. The van der Waals surface area contributed by atoms with Crippen LogP contribution in [0.5, 0.6) is 0 Å². The first kappa shape index (κ1) is 15.4. The zero-order chi connectivity index (χ0) is 14.8. The molecule has 2 aromatic rings. The highest BCUT2D eigenvalue weighted by Gasteiger charge is 2.22. The fourth-order valence-electron chi connectivity index (χ4n) is 1.74. The van der Waals surface area contributed by atoms with E-state index in [9.17, 15) is 4.21 Å². The lowest BCUT2D eigenvalue weighted by Gasteiger charge is -2.21. The molecule has 1 N–H and O–H groups in total. The fourth-order valence-corrected chi connectivity index (χ4v) is 3.63. The van der Waals surface area contributed by atoms with Gasteiger partial charge >= 0.3 is 0 Å². The summed E-state index contributed by atoms with van der Waals surface area (Å²) in [6, 6.07) is 14.7. The number of hydrogen-bond donors (Lipinski definition) is 1. The molecule has 2 atom stereocenters. The molecule has 2 nitrogen and oxygen atoms in total. The molecule has 0 aliphatic rings. The van der Waals surface area contributed by atoms with E-state index < -0.39 is 11.0 Å². The molecule has 1 aromatic heterocycles. The van der Waals surface area contributed by atoms with Gasteiger partial charge in [-0.2, -0.15) is 0 Å². The lowest BCUT2D eigenvalue weighted by atomic mass is 10.2. The van der Waals surface area contributed by atoms with Crippen LogP contribution in [0.15, 0.2) is 42.5 Å². The molecule has 0 unspecified atom stereocenters. The van der Waals surface area contributed by atoms with Crippen molar-refractivity contribution in [3.63, 3.8) is 0 Å². The Morgan fingerprint density at radius 2 is 1.75 bits per heavy atom. The van der Waals surface area contributed by atoms with Crippen molar-refractivity contribution in [2.24, 2.45) is 0 Å². The van der Waals surface area contributed by atoms with Gasteiger partial charge in [-0.05, 0) is 45.4 Å². The smallest absolute Gasteiger partial charge is 0.0976 e. The van der Waals surface area contributed by atoms with Crippen LogP contribution < -0.4 is 4.72 Å². The lowest BCUT2D eigenvalue weighted by molar-refractivity contribution is 0.618. The van der Waals surface area contributed by atoms with Gasteiger partial charge in [0.2, 0.25) is 0 Å². The van der Waals surface area contributed by atoms with E-state index in [0.717, 1.165) is 0 Å². The highest BCUT2D eigenvalue weighted by Crippen LogP contribution is 2.31. The molecule has 0 amide bonds. The molecule has 0 fully saturated rings. The summed E-state index contributed by atoms with van der Waals surface area (Å²) in [5.41, 5.74) is 1.23. The summed E-state index contributed by atoms with van der Waals surface area (Å²) in [6.45, 7) is 8.00. The van der Waals surface area contributed by atoms with Gasteiger partial charge in [0.25, 0.3) is 0 Å². The number of benzene rings is 1. The monoisotopic (exact) mass is 307 g/mol. The highest BCUT2D eigenvalue weighted by atomic mass is 32.2. The van der Waals surface area contributed by atoms with Crippen LogP contribution in [-0.4, -0.2) is 8.96 Å². The van der Waals surface area contributed by atoms with Crippen LogP contribution in [0.1, 0.15) is 38.6 Å². The third kappa shape index (κ3) is 3.78. The summed E-state index contributed by atoms with van der Waals surface area (Å²) < 4.78 is 15.1. The second kappa shape index (κ2) is 6.20. The van der Waals surface area contributed by atoms with Gasteiger partial charge in [0, 0.05) is 9.75 Å². The maximum Gasteiger partial charge on any atom is 0.0976 e. The summed E-state index contributed by atoms with van der Waals surface area (Å²) in [6.07, 6.45) is 0. The molecule has 0 radical (unpaired) electrons. The van der Waals surface area contributed by atoms with E-state index in [1.807, 2.05) is 39.0 Å². The van der Waals surface area contributed by atoms with Gasteiger partial charge in [-0.15, -0.1) is 11.3 Å². The van der Waals surface area contributed by atoms with Crippen LogP contribution >= 0.6 is 11.3 Å². The second-order valence-electron chi connectivity index (χ2n) is 5.79. The van der Waals surface area contributed by atoms with Gasteiger partial charge in [-0.1, -0.05) is 30.3 Å². The van der Waals surface area contributed by atoms with E-state index >= 15 is 0 Å². The van der Waals surface area contributed by atoms with Crippen molar-refractivity contribution in [1.82, 2.24) is 4.72 Å². The van der Waals surface area contributed by atoms with Gasteiger partial charge in [0.05, 0.1) is 21.8 Å². The Hall–Kier alpha value is -0.970. The van der Waals surface area contributed by atoms with E-state index in [0.29, 0.717) is 0 Å². The largest absolute Gasteiger partial charge is 0.242 e. The van der Waals surface area contributed by atoms with Crippen molar-refractivity contribution >= 4 is 22.3 Å². The van der Waals surface area contributed by atoms with Crippen LogP contribution in [0.3, 0.4) is 0 Å². The van der Waals surface area contributed by atoms with Crippen LogP contribution in [0.25, 0.3) is 10.4 Å². The minimum atomic E-state index is -1.05. The summed E-state index contributed by atoms with van der Waals surface area (Å²) >= 11 is 1.75. The molecule has 1 aromatic carbocycles. The first-order chi connectivity index (χ1) is 9.38. The van der Waals surface area contributed by atoms with Gasteiger partial charge in [-0.25, -0.2) is 8.93 Å². The third-order valence-corrected chi connectivity index (χ3v) is 5.95. The molecule has 0 aliphatic heterocycles. The average Bonchev–Trinajstić information content (AvgIpc) is 2.88. The fraction of sp³-hybridized carbons (Fsp3) is 0.375. The first-order valence-corrected chi connectivity index (χ1v) is 8.68. The minimum absolute atomic E-state index is 0.0949. The molecule has 2 rings (SSSR count). The molecule has 108 valence electrons. The number of thiophene rings is 1. The molecular weight excluding hydrogens is 286 g/mol. The number of hydrogen-bond acceptors (Lipinski definition) is 2. The Morgan fingerprint density at radius 3 is 2.35 bits per heavy atom.